The van der Waals surface area contributed by atoms with Crippen molar-refractivity contribution in [3.05, 3.63) is 63.9 Å². The average molecular weight is 331 g/mol. The first-order chi connectivity index (χ1) is 9.78. The number of halogens is 1. The summed E-state index contributed by atoms with van der Waals surface area (Å²) in [6, 6.07) is 11.5. The highest BCUT2D eigenvalue weighted by Crippen LogP contribution is 2.38. The number of hydrogen-bond donors (Lipinski definition) is 1. The van der Waals surface area contributed by atoms with Gasteiger partial charge < -0.3 is 5.32 Å². The minimum atomic E-state index is 0.492. The fourth-order valence-corrected chi connectivity index (χ4v) is 3.51. The van der Waals surface area contributed by atoms with Gasteiger partial charge in [-0.1, -0.05) is 31.2 Å². The summed E-state index contributed by atoms with van der Waals surface area (Å²) < 4.78 is 1.05. The molecule has 0 spiro atoms. The Morgan fingerprint density at radius 1 is 1.35 bits per heavy atom. The molecule has 2 aromatic rings. The zero-order valence-electron chi connectivity index (χ0n) is 11.6. The highest BCUT2D eigenvalue weighted by Gasteiger charge is 2.32. The van der Waals surface area contributed by atoms with E-state index in [9.17, 15) is 0 Å². The van der Waals surface area contributed by atoms with Crippen molar-refractivity contribution in [2.24, 2.45) is 0 Å². The molecule has 1 N–H and O–H groups in total. The topological polar surface area (TPSA) is 24.9 Å². The smallest absolute Gasteiger partial charge is 0.0410 e. The standard InChI is InChI=1S/C17H19BrN2/c1-2-20-17(8-12-7-14(18)11-19-10-12)16-9-13-5-3-4-6-15(13)16/h3-7,10-11,16-17,20H,2,8-9H2,1H3. The van der Waals surface area contributed by atoms with Gasteiger partial charge in [0.05, 0.1) is 0 Å². The van der Waals surface area contributed by atoms with Crippen molar-refractivity contribution in [3.8, 4) is 0 Å². The number of nitrogens with zero attached hydrogens (tertiary/aromatic N) is 1. The third-order valence-electron chi connectivity index (χ3n) is 4.06. The van der Waals surface area contributed by atoms with Gasteiger partial charge in [0, 0.05) is 28.8 Å². The molecule has 0 amide bonds. The Bertz CT molecular complexity index is 597. The van der Waals surface area contributed by atoms with Gasteiger partial charge in [-0.25, -0.2) is 0 Å². The van der Waals surface area contributed by atoms with E-state index in [0.717, 1.165) is 17.4 Å². The summed E-state index contributed by atoms with van der Waals surface area (Å²) in [5.41, 5.74) is 4.31. The lowest BCUT2D eigenvalue weighted by atomic mass is 9.72. The van der Waals surface area contributed by atoms with Crippen molar-refractivity contribution in [1.82, 2.24) is 10.3 Å². The summed E-state index contributed by atoms with van der Waals surface area (Å²) in [6.07, 6.45) is 6.03. The Labute approximate surface area is 128 Å². The van der Waals surface area contributed by atoms with Crippen LogP contribution in [0.4, 0.5) is 0 Å². The summed E-state index contributed by atoms with van der Waals surface area (Å²) >= 11 is 3.50. The van der Waals surface area contributed by atoms with Crippen LogP contribution in [0.2, 0.25) is 0 Å². The Morgan fingerprint density at radius 3 is 2.95 bits per heavy atom. The molecule has 0 bridgehead atoms. The van der Waals surface area contributed by atoms with Crippen LogP contribution >= 0.6 is 15.9 Å². The van der Waals surface area contributed by atoms with Crippen LogP contribution < -0.4 is 5.32 Å². The van der Waals surface area contributed by atoms with E-state index in [1.54, 1.807) is 0 Å². The van der Waals surface area contributed by atoms with Crippen LogP contribution in [0, 0.1) is 0 Å². The zero-order valence-corrected chi connectivity index (χ0v) is 13.2. The normalized spacial score (nSPS) is 18.2. The van der Waals surface area contributed by atoms with Crippen molar-refractivity contribution >= 4 is 15.9 Å². The summed E-state index contributed by atoms with van der Waals surface area (Å²) in [6.45, 7) is 3.18. The summed E-state index contributed by atoms with van der Waals surface area (Å²) in [7, 11) is 0. The molecule has 1 aliphatic rings. The summed E-state index contributed by atoms with van der Waals surface area (Å²) in [5.74, 6) is 0.630. The van der Waals surface area contributed by atoms with Gasteiger partial charge in [-0.3, -0.25) is 4.98 Å². The Kier molecular flexibility index (Phi) is 4.18. The molecule has 0 aliphatic heterocycles. The molecule has 1 aromatic heterocycles. The first-order valence-corrected chi connectivity index (χ1v) is 7.98. The number of pyridine rings is 1. The molecule has 0 saturated carbocycles. The minimum absolute atomic E-state index is 0.492. The van der Waals surface area contributed by atoms with E-state index in [2.05, 4.69) is 63.5 Å². The summed E-state index contributed by atoms with van der Waals surface area (Å²) in [4.78, 5) is 4.27. The van der Waals surface area contributed by atoms with Gasteiger partial charge >= 0.3 is 0 Å². The van der Waals surface area contributed by atoms with E-state index in [1.165, 1.54) is 23.1 Å². The number of benzene rings is 1. The summed E-state index contributed by atoms with van der Waals surface area (Å²) in [5, 5.41) is 3.65. The third kappa shape index (κ3) is 2.79. The number of likely N-dealkylation sites (N-methyl/N-ethyl adjacent to an activating group) is 1. The van der Waals surface area contributed by atoms with Crippen LogP contribution in [0.3, 0.4) is 0 Å². The van der Waals surface area contributed by atoms with Gasteiger partial charge in [-0.15, -0.1) is 0 Å². The molecule has 1 aromatic carbocycles. The van der Waals surface area contributed by atoms with Crippen LogP contribution in [0.5, 0.6) is 0 Å². The number of hydrogen-bond acceptors (Lipinski definition) is 2. The fraction of sp³-hybridized carbons (Fsp3) is 0.353. The van der Waals surface area contributed by atoms with E-state index in [1.807, 2.05) is 12.4 Å². The molecule has 0 fully saturated rings. The fourth-order valence-electron chi connectivity index (χ4n) is 3.10. The molecule has 3 rings (SSSR count). The molecule has 0 radical (unpaired) electrons. The van der Waals surface area contributed by atoms with Crippen molar-refractivity contribution in [3.63, 3.8) is 0 Å². The van der Waals surface area contributed by atoms with E-state index in [-0.39, 0.29) is 0 Å². The monoisotopic (exact) mass is 330 g/mol. The Balaban J connectivity index is 1.77. The Hall–Kier alpha value is -1.19. The second-order valence-electron chi connectivity index (χ2n) is 5.39. The highest BCUT2D eigenvalue weighted by atomic mass is 79.9. The number of fused-ring (bicyclic) bond motifs is 1. The molecular weight excluding hydrogens is 312 g/mol. The van der Waals surface area contributed by atoms with Crippen LogP contribution in [0.25, 0.3) is 0 Å². The van der Waals surface area contributed by atoms with Crippen LogP contribution in [0.1, 0.15) is 29.5 Å². The molecular formula is C17H19BrN2. The SMILES string of the molecule is CCNC(Cc1cncc(Br)c1)C1Cc2ccccc21. The maximum absolute atomic E-state index is 4.27. The van der Waals surface area contributed by atoms with Gasteiger partial charge in [-0.2, -0.15) is 0 Å². The third-order valence-corrected chi connectivity index (χ3v) is 4.50. The van der Waals surface area contributed by atoms with Crippen molar-refractivity contribution in [2.75, 3.05) is 6.54 Å². The maximum Gasteiger partial charge on any atom is 0.0410 e. The van der Waals surface area contributed by atoms with Gasteiger partial charge in [0.15, 0.2) is 0 Å². The van der Waals surface area contributed by atoms with Gasteiger partial charge in [0.1, 0.15) is 0 Å². The first kappa shape index (κ1) is 13.8. The van der Waals surface area contributed by atoms with Gasteiger partial charge in [0.25, 0.3) is 0 Å². The van der Waals surface area contributed by atoms with Crippen LogP contribution in [0.15, 0.2) is 47.2 Å². The van der Waals surface area contributed by atoms with Crippen LogP contribution in [-0.4, -0.2) is 17.6 Å². The number of rotatable bonds is 5. The highest BCUT2D eigenvalue weighted by molar-refractivity contribution is 9.10. The zero-order chi connectivity index (χ0) is 13.9. The lowest BCUT2D eigenvalue weighted by Gasteiger charge is -2.37. The lowest BCUT2D eigenvalue weighted by Crippen LogP contribution is -2.41. The maximum atomic E-state index is 4.27. The molecule has 1 heterocycles. The molecule has 0 saturated heterocycles. The van der Waals surface area contributed by atoms with Crippen molar-refractivity contribution in [1.29, 1.82) is 0 Å². The van der Waals surface area contributed by atoms with Crippen LogP contribution in [-0.2, 0) is 12.8 Å². The largest absolute Gasteiger partial charge is 0.313 e. The van der Waals surface area contributed by atoms with E-state index < -0.39 is 0 Å². The second-order valence-corrected chi connectivity index (χ2v) is 6.30. The van der Waals surface area contributed by atoms with E-state index in [0.29, 0.717) is 12.0 Å². The van der Waals surface area contributed by atoms with E-state index >= 15 is 0 Å². The molecule has 104 valence electrons. The molecule has 2 nitrogen and oxygen atoms in total. The quantitative estimate of drug-likeness (QED) is 0.904. The second kappa shape index (κ2) is 6.06. The lowest BCUT2D eigenvalue weighted by molar-refractivity contribution is 0.404. The number of nitrogens with one attached hydrogen (secondary N) is 1. The van der Waals surface area contributed by atoms with E-state index in [4.69, 9.17) is 0 Å². The minimum Gasteiger partial charge on any atom is -0.313 e. The van der Waals surface area contributed by atoms with Gasteiger partial charge in [0.2, 0.25) is 0 Å². The van der Waals surface area contributed by atoms with Crippen molar-refractivity contribution < 1.29 is 0 Å². The number of aromatic nitrogens is 1. The molecule has 1 aliphatic carbocycles. The van der Waals surface area contributed by atoms with Crippen molar-refractivity contribution in [2.45, 2.75) is 31.7 Å². The predicted octanol–water partition coefficient (Wildman–Crippen LogP) is 3.70. The molecule has 2 unspecified atom stereocenters. The van der Waals surface area contributed by atoms with Gasteiger partial charge in [-0.05, 0) is 58.1 Å². The first-order valence-electron chi connectivity index (χ1n) is 7.18. The predicted molar refractivity (Wildman–Crippen MR) is 86.0 cm³/mol. The molecule has 2 atom stereocenters. The Morgan fingerprint density at radius 2 is 2.20 bits per heavy atom. The molecule has 3 heteroatoms. The average Bonchev–Trinajstić information content (AvgIpc) is 2.40. The molecule has 20 heavy (non-hydrogen) atoms.